The van der Waals surface area contributed by atoms with Gasteiger partial charge in [-0.15, -0.1) is 0 Å². The lowest BCUT2D eigenvalue weighted by Crippen LogP contribution is -2.03. The maximum Gasteiger partial charge on any atom is 0.299 e. The molecular formula is C5H8O4S. The second kappa shape index (κ2) is 4.99. The third-order valence-corrected chi connectivity index (χ3v) is 1.49. The molecule has 0 saturated heterocycles. The molecule has 0 aromatic heterocycles. The van der Waals surface area contributed by atoms with Crippen molar-refractivity contribution < 1.29 is 17.9 Å². The molecule has 0 heterocycles. The van der Waals surface area contributed by atoms with Crippen molar-refractivity contribution in [3.63, 3.8) is 0 Å². The van der Waals surface area contributed by atoms with Crippen molar-refractivity contribution in [2.45, 2.75) is 19.8 Å². The fourth-order valence-electron chi connectivity index (χ4n) is 0.439. The maximum atomic E-state index is 10.2. The quantitative estimate of drug-likeness (QED) is 0.434. The summed E-state index contributed by atoms with van der Waals surface area (Å²) in [6, 6.07) is 0. The standard InChI is InChI=1S/C5H8O4S/c1-2-3-5(9-4-6)10(7)8/h4H,2-3H2,1H3. The first kappa shape index (κ1) is 9.16. The highest BCUT2D eigenvalue weighted by Crippen LogP contribution is 1.89. The number of hydrogen-bond acceptors (Lipinski definition) is 4. The molecule has 5 heteroatoms. The Labute approximate surface area is 60.3 Å². The van der Waals surface area contributed by atoms with Crippen molar-refractivity contribution in [3.8, 4) is 0 Å². The Morgan fingerprint density at radius 3 is 2.50 bits per heavy atom. The average molecular weight is 164 g/mol. The van der Waals surface area contributed by atoms with E-state index in [1.807, 2.05) is 0 Å². The highest BCUT2D eigenvalue weighted by Gasteiger charge is 1.98. The van der Waals surface area contributed by atoms with Crippen LogP contribution in [0.25, 0.3) is 0 Å². The van der Waals surface area contributed by atoms with E-state index in [-0.39, 0.29) is 17.9 Å². The Morgan fingerprint density at radius 2 is 2.20 bits per heavy atom. The summed E-state index contributed by atoms with van der Waals surface area (Å²) >= 11 is 0. The van der Waals surface area contributed by atoms with Crippen LogP contribution in [0.5, 0.6) is 0 Å². The lowest BCUT2D eigenvalue weighted by Gasteiger charge is -1.93. The minimum Gasteiger partial charge on any atom is -0.417 e. The minimum absolute atomic E-state index is 0.112. The van der Waals surface area contributed by atoms with E-state index < -0.39 is 10.3 Å². The lowest BCUT2D eigenvalue weighted by molar-refractivity contribution is -0.121. The van der Waals surface area contributed by atoms with Crippen LogP contribution in [0.2, 0.25) is 0 Å². The molecule has 0 unspecified atom stereocenters. The predicted octanol–water partition coefficient (Wildman–Crippen LogP) is -0.0315. The number of carbonyl (C=O) groups excluding carboxylic acids is 1. The molecule has 0 aliphatic carbocycles. The first-order valence-electron chi connectivity index (χ1n) is 2.77. The van der Waals surface area contributed by atoms with E-state index in [4.69, 9.17) is 0 Å². The van der Waals surface area contributed by atoms with Crippen molar-refractivity contribution in [2.75, 3.05) is 0 Å². The number of carbonyl (C=O) groups is 1. The zero-order valence-electron chi connectivity index (χ0n) is 5.53. The maximum absolute atomic E-state index is 10.2. The molecular weight excluding hydrogens is 156 g/mol. The van der Waals surface area contributed by atoms with Crippen molar-refractivity contribution in [1.29, 1.82) is 0 Å². The molecule has 0 saturated carbocycles. The van der Waals surface area contributed by atoms with E-state index in [0.717, 1.165) is 0 Å². The summed E-state index contributed by atoms with van der Waals surface area (Å²) < 4.78 is 24.5. The van der Waals surface area contributed by atoms with Crippen molar-refractivity contribution >= 4 is 21.8 Å². The Bertz CT molecular complexity index is 218. The number of ether oxygens (including phenoxy) is 1. The summed E-state index contributed by atoms with van der Waals surface area (Å²) in [5, 5.41) is -0.197. The summed E-state index contributed by atoms with van der Waals surface area (Å²) in [5.41, 5.74) is 0. The second-order valence-electron chi connectivity index (χ2n) is 1.57. The van der Waals surface area contributed by atoms with E-state index in [9.17, 15) is 13.2 Å². The summed E-state index contributed by atoms with van der Waals surface area (Å²) in [5.74, 6) is 0. The molecule has 0 bridgehead atoms. The Morgan fingerprint density at radius 1 is 1.60 bits per heavy atom. The molecule has 0 fully saturated rings. The molecule has 0 aliphatic rings. The van der Waals surface area contributed by atoms with Crippen LogP contribution in [0.3, 0.4) is 0 Å². The third kappa shape index (κ3) is 3.24. The SMILES string of the molecule is CCCC(OC=O)=S(=O)=O. The van der Waals surface area contributed by atoms with Crippen LogP contribution >= 0.6 is 0 Å². The third-order valence-electron chi connectivity index (χ3n) is 0.820. The largest absolute Gasteiger partial charge is 0.417 e. The lowest BCUT2D eigenvalue weighted by atomic mass is 10.4. The fraction of sp³-hybridized carbons (Fsp3) is 0.600. The molecule has 4 nitrogen and oxygen atoms in total. The van der Waals surface area contributed by atoms with Crippen LogP contribution in [0.15, 0.2) is 0 Å². The van der Waals surface area contributed by atoms with Crippen molar-refractivity contribution in [2.24, 2.45) is 0 Å². The molecule has 0 aromatic carbocycles. The van der Waals surface area contributed by atoms with Crippen LogP contribution in [0.4, 0.5) is 0 Å². The fourth-order valence-corrected chi connectivity index (χ4v) is 0.928. The zero-order chi connectivity index (χ0) is 7.98. The van der Waals surface area contributed by atoms with Gasteiger partial charge in [0.05, 0.1) is 0 Å². The zero-order valence-corrected chi connectivity index (χ0v) is 6.35. The summed E-state index contributed by atoms with van der Waals surface area (Å²) in [6.07, 6.45) is 0.909. The number of hydrogen-bond donors (Lipinski definition) is 0. The van der Waals surface area contributed by atoms with Crippen LogP contribution in [-0.4, -0.2) is 19.9 Å². The average Bonchev–Trinajstić information content (AvgIpc) is 1.87. The smallest absolute Gasteiger partial charge is 0.299 e. The van der Waals surface area contributed by atoms with Gasteiger partial charge >= 0.3 is 0 Å². The Balaban J connectivity index is 4.28. The normalized spacial score (nSPS) is 8.50. The van der Waals surface area contributed by atoms with E-state index in [1.165, 1.54) is 0 Å². The van der Waals surface area contributed by atoms with Crippen LogP contribution < -0.4 is 0 Å². The van der Waals surface area contributed by atoms with Gasteiger partial charge < -0.3 is 4.74 Å². The molecule has 0 radical (unpaired) electrons. The second-order valence-corrected chi connectivity index (χ2v) is 2.50. The molecule has 10 heavy (non-hydrogen) atoms. The highest BCUT2D eigenvalue weighted by molar-refractivity contribution is 7.72. The van der Waals surface area contributed by atoms with Crippen LogP contribution in [0.1, 0.15) is 19.8 Å². The van der Waals surface area contributed by atoms with Gasteiger partial charge in [0.15, 0.2) is 0 Å². The molecule has 0 rings (SSSR count). The van der Waals surface area contributed by atoms with Crippen LogP contribution in [0, 0.1) is 0 Å². The predicted molar refractivity (Wildman–Crippen MR) is 36.0 cm³/mol. The number of rotatable bonds is 3. The van der Waals surface area contributed by atoms with Crippen LogP contribution in [-0.2, 0) is 19.8 Å². The van der Waals surface area contributed by atoms with Gasteiger partial charge in [0.2, 0.25) is 5.05 Å². The summed E-state index contributed by atoms with van der Waals surface area (Å²) in [7, 11) is -2.39. The van der Waals surface area contributed by atoms with E-state index in [2.05, 4.69) is 4.74 Å². The summed E-state index contributed by atoms with van der Waals surface area (Å²) in [4.78, 5) is 9.68. The van der Waals surface area contributed by atoms with Gasteiger partial charge in [-0.05, 0) is 6.42 Å². The van der Waals surface area contributed by atoms with E-state index in [0.29, 0.717) is 6.42 Å². The molecule has 0 atom stereocenters. The Hall–Kier alpha value is -0.840. The van der Waals surface area contributed by atoms with E-state index >= 15 is 0 Å². The van der Waals surface area contributed by atoms with Crippen molar-refractivity contribution in [1.82, 2.24) is 0 Å². The topological polar surface area (TPSA) is 60.4 Å². The minimum atomic E-state index is -2.39. The van der Waals surface area contributed by atoms with Gasteiger partial charge in [-0.1, -0.05) is 6.92 Å². The molecule has 0 aliphatic heterocycles. The molecule has 0 amide bonds. The van der Waals surface area contributed by atoms with Gasteiger partial charge in [0.1, 0.15) is 0 Å². The van der Waals surface area contributed by atoms with Gasteiger partial charge in [-0.25, -0.2) is 0 Å². The first-order chi connectivity index (χ1) is 4.72. The monoisotopic (exact) mass is 164 g/mol. The van der Waals surface area contributed by atoms with E-state index in [1.54, 1.807) is 6.92 Å². The molecule has 0 N–H and O–H groups in total. The molecule has 0 aromatic rings. The first-order valence-corrected chi connectivity index (χ1v) is 3.85. The molecule has 58 valence electrons. The van der Waals surface area contributed by atoms with Gasteiger partial charge in [0.25, 0.3) is 16.8 Å². The molecule has 0 spiro atoms. The van der Waals surface area contributed by atoms with Gasteiger partial charge in [0, 0.05) is 6.42 Å². The van der Waals surface area contributed by atoms with Gasteiger partial charge in [-0.2, -0.15) is 8.42 Å². The summed E-state index contributed by atoms with van der Waals surface area (Å²) in [6.45, 7) is 1.90. The highest BCUT2D eigenvalue weighted by atomic mass is 32.2. The van der Waals surface area contributed by atoms with Crippen molar-refractivity contribution in [3.05, 3.63) is 0 Å². The Kier molecular flexibility index (Phi) is 4.57. The van der Waals surface area contributed by atoms with Gasteiger partial charge in [-0.3, -0.25) is 4.79 Å².